The molecule has 6 nitrogen and oxygen atoms in total. The number of halogens is 2. The number of fused-ring (bicyclic) bond motifs is 1. The van der Waals surface area contributed by atoms with Gasteiger partial charge in [0.2, 0.25) is 0 Å². The first-order valence-corrected chi connectivity index (χ1v) is 13.3. The van der Waals surface area contributed by atoms with E-state index in [0.717, 1.165) is 24.2 Å². The molecule has 1 aliphatic heterocycles. The minimum absolute atomic E-state index is 0.120. The molecule has 2 aromatic carbocycles. The molecule has 0 spiro atoms. The lowest BCUT2D eigenvalue weighted by atomic mass is 9.96. The number of rotatable bonds is 8. The van der Waals surface area contributed by atoms with E-state index in [1.54, 1.807) is 26.8 Å². The number of esters is 1. The highest BCUT2D eigenvalue weighted by Crippen LogP contribution is 2.32. The summed E-state index contributed by atoms with van der Waals surface area (Å²) in [5, 5.41) is 0.193. The van der Waals surface area contributed by atoms with Gasteiger partial charge in [-0.15, -0.1) is 0 Å². The number of ether oxygens (including phenoxy) is 2. The first-order chi connectivity index (χ1) is 17.7. The molecule has 1 atom stereocenters. The lowest BCUT2D eigenvalue weighted by molar-refractivity contribution is -0.143. The van der Waals surface area contributed by atoms with Gasteiger partial charge in [-0.1, -0.05) is 54.5 Å². The summed E-state index contributed by atoms with van der Waals surface area (Å²) < 4.78 is 27.5. The molecule has 4 rings (SSSR count). The van der Waals surface area contributed by atoms with Crippen LogP contribution in [-0.4, -0.2) is 23.2 Å². The van der Waals surface area contributed by atoms with E-state index in [9.17, 15) is 14.0 Å². The minimum atomic E-state index is -0.773. The molecular weight excluding hydrogens is 515 g/mol. The monoisotopic (exact) mass is 542 g/mol. The summed E-state index contributed by atoms with van der Waals surface area (Å²) in [4.78, 5) is 31.8. The van der Waals surface area contributed by atoms with E-state index in [1.807, 2.05) is 24.3 Å². The topological polar surface area (TPSA) is 69.9 Å². The van der Waals surface area contributed by atoms with Crippen LogP contribution in [0.15, 0.2) is 63.5 Å². The molecule has 194 valence electrons. The molecule has 9 heteroatoms. The van der Waals surface area contributed by atoms with Crippen molar-refractivity contribution in [2.24, 2.45) is 4.99 Å². The normalized spacial score (nSPS) is 15.5. The average Bonchev–Trinajstić information content (AvgIpc) is 3.15. The summed E-state index contributed by atoms with van der Waals surface area (Å²) in [6.07, 6.45) is 3.04. The Kier molecular flexibility index (Phi) is 8.29. The Morgan fingerprint density at radius 1 is 1.24 bits per heavy atom. The highest BCUT2D eigenvalue weighted by molar-refractivity contribution is 7.07. The zero-order chi connectivity index (χ0) is 26.7. The van der Waals surface area contributed by atoms with Crippen molar-refractivity contribution in [2.45, 2.75) is 52.7 Å². The van der Waals surface area contributed by atoms with Gasteiger partial charge in [0.05, 0.1) is 39.6 Å². The van der Waals surface area contributed by atoms with Crippen LogP contribution in [0.2, 0.25) is 5.02 Å². The maximum absolute atomic E-state index is 14.5. The SMILES string of the molecule is CCCCOc1ccc(C2C(C(=O)OC(C)C)=C(C)N=c3s/c(=C\c4c(F)cccc4Cl)c(=O)n32)cc1. The van der Waals surface area contributed by atoms with Crippen LogP contribution in [0.3, 0.4) is 0 Å². The number of carbonyl (C=O) groups excluding carboxylic acids is 1. The number of carbonyl (C=O) groups is 1. The van der Waals surface area contributed by atoms with Crippen molar-refractivity contribution in [3.8, 4) is 5.75 Å². The van der Waals surface area contributed by atoms with Crippen LogP contribution in [0.4, 0.5) is 4.39 Å². The predicted octanol–water partition coefficient (Wildman–Crippen LogP) is 5.16. The van der Waals surface area contributed by atoms with E-state index < -0.39 is 23.4 Å². The Hall–Kier alpha value is -3.23. The summed E-state index contributed by atoms with van der Waals surface area (Å²) in [6, 6.07) is 10.9. The van der Waals surface area contributed by atoms with Gasteiger partial charge in [-0.2, -0.15) is 0 Å². The quantitative estimate of drug-likeness (QED) is 0.291. The molecule has 0 saturated carbocycles. The Morgan fingerprint density at radius 2 is 1.97 bits per heavy atom. The zero-order valence-electron chi connectivity index (χ0n) is 21.1. The smallest absolute Gasteiger partial charge is 0.338 e. The molecule has 0 fully saturated rings. The lowest BCUT2D eigenvalue weighted by Crippen LogP contribution is -2.40. The number of unbranched alkanes of at least 4 members (excludes halogenated alkanes) is 1. The van der Waals surface area contributed by atoms with E-state index in [0.29, 0.717) is 28.4 Å². The third-order valence-electron chi connectivity index (χ3n) is 5.82. The van der Waals surface area contributed by atoms with Gasteiger partial charge in [0.25, 0.3) is 5.56 Å². The maximum atomic E-state index is 14.5. The van der Waals surface area contributed by atoms with Crippen LogP contribution >= 0.6 is 22.9 Å². The Labute approximate surface area is 223 Å². The van der Waals surface area contributed by atoms with Crippen molar-refractivity contribution in [2.75, 3.05) is 6.61 Å². The fourth-order valence-corrected chi connectivity index (χ4v) is 5.28. The number of benzene rings is 2. The summed E-state index contributed by atoms with van der Waals surface area (Å²) in [6.45, 7) is 7.94. The van der Waals surface area contributed by atoms with Gasteiger partial charge >= 0.3 is 5.97 Å². The third-order valence-corrected chi connectivity index (χ3v) is 7.13. The molecule has 1 aliphatic rings. The van der Waals surface area contributed by atoms with Crippen LogP contribution in [0, 0.1) is 5.82 Å². The van der Waals surface area contributed by atoms with Crippen molar-refractivity contribution >= 4 is 35.0 Å². The van der Waals surface area contributed by atoms with E-state index in [1.165, 1.54) is 22.8 Å². The molecule has 0 N–H and O–H groups in total. The fraction of sp³-hybridized carbons (Fsp3) is 0.321. The molecule has 37 heavy (non-hydrogen) atoms. The van der Waals surface area contributed by atoms with E-state index in [2.05, 4.69) is 11.9 Å². The van der Waals surface area contributed by atoms with Gasteiger partial charge < -0.3 is 9.47 Å². The molecule has 0 radical (unpaired) electrons. The van der Waals surface area contributed by atoms with Gasteiger partial charge in [0.15, 0.2) is 4.80 Å². The summed E-state index contributed by atoms with van der Waals surface area (Å²) in [5.41, 5.74) is 1.14. The minimum Gasteiger partial charge on any atom is -0.494 e. The number of hydrogen-bond acceptors (Lipinski definition) is 6. The second-order valence-electron chi connectivity index (χ2n) is 8.94. The second-order valence-corrected chi connectivity index (χ2v) is 10.4. The number of thiazole rings is 1. The van der Waals surface area contributed by atoms with Crippen LogP contribution in [0.25, 0.3) is 6.08 Å². The number of aromatic nitrogens is 1. The molecule has 3 aromatic rings. The number of nitrogens with zero attached hydrogens (tertiary/aromatic N) is 2. The van der Waals surface area contributed by atoms with Crippen molar-refractivity contribution in [3.63, 3.8) is 0 Å². The van der Waals surface area contributed by atoms with Crippen LogP contribution in [-0.2, 0) is 9.53 Å². The highest BCUT2D eigenvalue weighted by atomic mass is 35.5. The number of hydrogen-bond donors (Lipinski definition) is 0. The molecule has 0 saturated heterocycles. The molecule has 1 unspecified atom stereocenters. The van der Waals surface area contributed by atoms with Crippen molar-refractivity contribution in [1.82, 2.24) is 4.57 Å². The van der Waals surface area contributed by atoms with Crippen LogP contribution in [0.5, 0.6) is 5.75 Å². The Morgan fingerprint density at radius 3 is 2.62 bits per heavy atom. The number of allylic oxidation sites excluding steroid dienone is 1. The van der Waals surface area contributed by atoms with Gasteiger partial charge in [-0.3, -0.25) is 9.36 Å². The summed E-state index contributed by atoms with van der Waals surface area (Å²) in [7, 11) is 0. The van der Waals surface area contributed by atoms with Gasteiger partial charge in [-0.05, 0) is 63.1 Å². The average molecular weight is 543 g/mol. The first-order valence-electron chi connectivity index (χ1n) is 12.1. The molecule has 0 bridgehead atoms. The molecule has 0 amide bonds. The fourth-order valence-electron chi connectivity index (χ4n) is 4.04. The molecule has 1 aromatic heterocycles. The molecular formula is C28H28ClFN2O4S. The third kappa shape index (κ3) is 5.70. The molecule has 0 aliphatic carbocycles. The summed E-state index contributed by atoms with van der Waals surface area (Å²) in [5.74, 6) is -0.382. The maximum Gasteiger partial charge on any atom is 0.338 e. The second kappa shape index (κ2) is 11.4. The standard InChI is InChI=1S/C28H28ClFN2O4S/c1-5-6-14-35-19-12-10-18(11-13-19)25-24(27(34)36-16(2)3)17(4)31-28-32(25)26(33)23(37-28)15-20-21(29)8-7-9-22(20)30/h7-13,15-16,25H,5-6,14H2,1-4H3/b23-15-. The Bertz CT molecular complexity index is 1500. The van der Waals surface area contributed by atoms with E-state index >= 15 is 0 Å². The van der Waals surface area contributed by atoms with Crippen molar-refractivity contribution in [3.05, 3.63) is 95.4 Å². The van der Waals surface area contributed by atoms with Crippen molar-refractivity contribution in [1.29, 1.82) is 0 Å². The van der Waals surface area contributed by atoms with E-state index in [-0.39, 0.29) is 26.8 Å². The van der Waals surface area contributed by atoms with E-state index in [4.69, 9.17) is 21.1 Å². The van der Waals surface area contributed by atoms with Gasteiger partial charge in [0.1, 0.15) is 11.6 Å². The van der Waals surface area contributed by atoms with Gasteiger partial charge in [-0.25, -0.2) is 14.2 Å². The molecule has 2 heterocycles. The van der Waals surface area contributed by atoms with Crippen LogP contribution in [0.1, 0.15) is 57.7 Å². The van der Waals surface area contributed by atoms with Crippen molar-refractivity contribution < 1.29 is 18.7 Å². The zero-order valence-corrected chi connectivity index (χ0v) is 22.7. The highest BCUT2D eigenvalue weighted by Gasteiger charge is 2.33. The summed E-state index contributed by atoms with van der Waals surface area (Å²) >= 11 is 7.31. The lowest BCUT2D eigenvalue weighted by Gasteiger charge is -2.25. The Balaban J connectivity index is 1.87. The first kappa shape index (κ1) is 26.8. The largest absolute Gasteiger partial charge is 0.494 e. The van der Waals surface area contributed by atoms with Gasteiger partial charge in [0, 0.05) is 5.56 Å². The van der Waals surface area contributed by atoms with Crippen LogP contribution < -0.4 is 19.6 Å². The predicted molar refractivity (Wildman–Crippen MR) is 143 cm³/mol.